The molecule has 1 amide bonds. The molecule has 0 radical (unpaired) electrons. The van der Waals surface area contributed by atoms with Crippen molar-refractivity contribution in [1.82, 2.24) is 4.90 Å². The van der Waals surface area contributed by atoms with Crippen LogP contribution in [0.5, 0.6) is 11.5 Å². The van der Waals surface area contributed by atoms with Gasteiger partial charge in [0.25, 0.3) is 0 Å². The van der Waals surface area contributed by atoms with Crippen LogP contribution in [0.4, 0.5) is 5.69 Å². The van der Waals surface area contributed by atoms with Gasteiger partial charge in [-0.2, -0.15) is 0 Å². The van der Waals surface area contributed by atoms with Gasteiger partial charge < -0.3 is 19.1 Å². The van der Waals surface area contributed by atoms with Gasteiger partial charge in [-0.15, -0.1) is 0 Å². The molecular weight excluding hydrogens is 396 g/mol. The molecule has 0 saturated carbocycles. The third-order valence-electron chi connectivity index (χ3n) is 5.61. The van der Waals surface area contributed by atoms with Gasteiger partial charge in [0.2, 0.25) is 5.91 Å². The number of amides is 1. The van der Waals surface area contributed by atoms with Crippen LogP contribution in [0.1, 0.15) is 31.4 Å². The highest BCUT2D eigenvalue weighted by molar-refractivity contribution is 5.98. The maximum absolute atomic E-state index is 13.3. The highest BCUT2D eigenvalue weighted by Crippen LogP contribution is 2.38. The number of esters is 1. The Labute approximate surface area is 182 Å². The van der Waals surface area contributed by atoms with Crippen LogP contribution in [-0.2, 0) is 14.3 Å². The average Bonchev–Trinajstić information content (AvgIpc) is 3.26. The summed E-state index contributed by atoms with van der Waals surface area (Å²) in [6.45, 7) is 4.11. The van der Waals surface area contributed by atoms with Crippen LogP contribution in [-0.4, -0.2) is 56.2 Å². The van der Waals surface area contributed by atoms with E-state index < -0.39 is 5.97 Å². The summed E-state index contributed by atoms with van der Waals surface area (Å²) in [7, 11) is 0. The van der Waals surface area contributed by atoms with Gasteiger partial charge in [-0.1, -0.05) is 24.3 Å². The average molecular weight is 424 g/mol. The lowest BCUT2D eigenvalue weighted by Gasteiger charge is -2.29. The molecule has 1 fully saturated rings. The second-order valence-corrected chi connectivity index (χ2v) is 7.65. The molecule has 4 rings (SSSR count). The van der Waals surface area contributed by atoms with Gasteiger partial charge in [-0.25, -0.2) is 0 Å². The van der Waals surface area contributed by atoms with Crippen molar-refractivity contribution in [2.75, 3.05) is 44.4 Å². The normalized spacial score (nSPS) is 17.9. The number of nitrogens with zero attached hydrogens (tertiary/aromatic N) is 2. The van der Waals surface area contributed by atoms with Crippen molar-refractivity contribution in [1.29, 1.82) is 0 Å². The van der Waals surface area contributed by atoms with E-state index in [1.165, 1.54) is 4.90 Å². The number of fused-ring (bicyclic) bond motifs is 1. The van der Waals surface area contributed by atoms with Crippen LogP contribution in [0.15, 0.2) is 48.5 Å². The lowest BCUT2D eigenvalue weighted by Crippen LogP contribution is -2.43. The summed E-state index contributed by atoms with van der Waals surface area (Å²) in [6, 6.07) is 15.4. The Morgan fingerprint density at radius 2 is 1.87 bits per heavy atom. The quantitative estimate of drug-likeness (QED) is 0.636. The van der Waals surface area contributed by atoms with Crippen LogP contribution in [0, 0.1) is 0 Å². The van der Waals surface area contributed by atoms with E-state index in [1.807, 2.05) is 42.5 Å². The second-order valence-electron chi connectivity index (χ2n) is 7.65. The minimum absolute atomic E-state index is 0.0980. The van der Waals surface area contributed by atoms with E-state index in [4.69, 9.17) is 14.2 Å². The lowest BCUT2D eigenvalue weighted by molar-refractivity contribution is -0.142. The maximum Gasteiger partial charge on any atom is 0.326 e. The number of benzene rings is 2. The molecule has 2 aliphatic heterocycles. The van der Waals surface area contributed by atoms with Crippen LogP contribution in [0.25, 0.3) is 0 Å². The van der Waals surface area contributed by atoms with Gasteiger partial charge in [0.05, 0.1) is 13.2 Å². The van der Waals surface area contributed by atoms with Crippen molar-refractivity contribution >= 4 is 17.6 Å². The predicted octanol–water partition coefficient (Wildman–Crippen LogP) is 3.19. The molecule has 1 atom stereocenters. The SMILES string of the molecule is CCOC(=O)CN(C(=O)CN1CCC[C@@H]1c1ccc2c(c1)OCCO2)c1ccccc1. The van der Waals surface area contributed by atoms with E-state index in [1.54, 1.807) is 6.92 Å². The third kappa shape index (κ3) is 4.99. The van der Waals surface area contributed by atoms with E-state index in [0.29, 0.717) is 18.9 Å². The standard InChI is InChI=1S/C24H28N2O5/c1-2-29-24(28)17-26(19-7-4-3-5-8-19)23(27)16-25-12-6-9-20(25)18-10-11-21-22(15-18)31-14-13-30-21/h3-5,7-8,10-11,15,20H,2,6,9,12-14,16-17H2,1H3/t20-/m1/s1. The van der Waals surface area contributed by atoms with Crippen molar-refractivity contribution < 1.29 is 23.8 Å². The second kappa shape index (κ2) is 9.83. The molecule has 0 spiro atoms. The number of para-hydroxylation sites is 1. The summed E-state index contributed by atoms with van der Waals surface area (Å²) >= 11 is 0. The van der Waals surface area contributed by atoms with Crippen molar-refractivity contribution in [2.24, 2.45) is 0 Å². The van der Waals surface area contributed by atoms with E-state index in [9.17, 15) is 9.59 Å². The Bertz CT molecular complexity index is 917. The molecule has 31 heavy (non-hydrogen) atoms. The van der Waals surface area contributed by atoms with Gasteiger partial charge in [-0.3, -0.25) is 14.5 Å². The summed E-state index contributed by atoms with van der Waals surface area (Å²) in [5, 5.41) is 0. The Kier molecular flexibility index (Phi) is 6.72. The maximum atomic E-state index is 13.3. The topological polar surface area (TPSA) is 68.3 Å². The minimum Gasteiger partial charge on any atom is -0.486 e. The summed E-state index contributed by atoms with van der Waals surface area (Å²) < 4.78 is 16.4. The fourth-order valence-electron chi connectivity index (χ4n) is 4.19. The molecule has 164 valence electrons. The largest absolute Gasteiger partial charge is 0.486 e. The van der Waals surface area contributed by atoms with Crippen LogP contribution < -0.4 is 14.4 Å². The molecule has 1 saturated heterocycles. The van der Waals surface area contributed by atoms with Crippen molar-refractivity contribution in [2.45, 2.75) is 25.8 Å². The number of carbonyl (C=O) groups is 2. The van der Waals surface area contributed by atoms with Crippen LogP contribution >= 0.6 is 0 Å². The molecule has 0 unspecified atom stereocenters. The minimum atomic E-state index is -0.412. The monoisotopic (exact) mass is 424 g/mol. The van der Waals surface area contributed by atoms with Crippen molar-refractivity contribution in [3.63, 3.8) is 0 Å². The molecule has 0 aliphatic carbocycles. The summed E-state index contributed by atoms with van der Waals surface area (Å²) in [5.74, 6) is 0.990. The lowest BCUT2D eigenvalue weighted by atomic mass is 10.0. The first-order valence-corrected chi connectivity index (χ1v) is 10.8. The van der Waals surface area contributed by atoms with Crippen molar-refractivity contribution in [3.8, 4) is 11.5 Å². The van der Waals surface area contributed by atoms with Gasteiger partial charge in [-0.05, 0) is 56.1 Å². The first-order valence-electron chi connectivity index (χ1n) is 10.8. The first-order chi connectivity index (χ1) is 15.2. The van der Waals surface area contributed by atoms with Crippen LogP contribution in [0.3, 0.4) is 0 Å². The number of ether oxygens (including phenoxy) is 3. The number of carbonyl (C=O) groups excluding carboxylic acids is 2. The smallest absolute Gasteiger partial charge is 0.326 e. The molecule has 2 aromatic rings. The first kappa shape index (κ1) is 21.2. The Morgan fingerprint density at radius 1 is 1.10 bits per heavy atom. The molecule has 7 heteroatoms. The van der Waals surface area contributed by atoms with E-state index in [0.717, 1.165) is 36.4 Å². The number of likely N-dealkylation sites (tertiary alicyclic amines) is 1. The molecule has 0 N–H and O–H groups in total. The molecule has 2 aliphatic rings. The van der Waals surface area contributed by atoms with E-state index >= 15 is 0 Å². The van der Waals surface area contributed by atoms with Gasteiger partial charge in [0.15, 0.2) is 11.5 Å². The molecule has 2 heterocycles. The van der Waals surface area contributed by atoms with E-state index in [2.05, 4.69) is 11.0 Å². The van der Waals surface area contributed by atoms with Gasteiger partial charge in [0.1, 0.15) is 19.8 Å². The predicted molar refractivity (Wildman–Crippen MR) is 116 cm³/mol. The summed E-state index contributed by atoms with van der Waals surface area (Å²) in [5.41, 5.74) is 1.81. The fourth-order valence-corrected chi connectivity index (χ4v) is 4.19. The highest BCUT2D eigenvalue weighted by Gasteiger charge is 2.31. The van der Waals surface area contributed by atoms with Gasteiger partial charge in [0, 0.05) is 11.7 Å². The highest BCUT2D eigenvalue weighted by atomic mass is 16.6. The number of anilines is 1. The number of rotatable bonds is 7. The molecular formula is C24H28N2O5. The summed E-state index contributed by atoms with van der Waals surface area (Å²) in [4.78, 5) is 29.1. The molecule has 0 aromatic heterocycles. The third-order valence-corrected chi connectivity index (χ3v) is 5.61. The zero-order valence-corrected chi connectivity index (χ0v) is 17.8. The van der Waals surface area contributed by atoms with Crippen LogP contribution in [0.2, 0.25) is 0 Å². The molecule has 2 aromatic carbocycles. The molecule has 7 nitrogen and oxygen atoms in total. The summed E-state index contributed by atoms with van der Waals surface area (Å²) in [6.07, 6.45) is 1.98. The number of hydrogen-bond acceptors (Lipinski definition) is 6. The fraction of sp³-hybridized carbons (Fsp3) is 0.417. The number of hydrogen-bond donors (Lipinski definition) is 0. The zero-order valence-electron chi connectivity index (χ0n) is 17.8. The Morgan fingerprint density at radius 3 is 2.65 bits per heavy atom. The van der Waals surface area contributed by atoms with Crippen molar-refractivity contribution in [3.05, 3.63) is 54.1 Å². The van der Waals surface area contributed by atoms with Gasteiger partial charge >= 0.3 is 5.97 Å². The zero-order chi connectivity index (χ0) is 21.6. The Hall–Kier alpha value is -3.06. The molecule has 0 bridgehead atoms. The van der Waals surface area contributed by atoms with E-state index in [-0.39, 0.29) is 31.6 Å². The Balaban J connectivity index is 1.50.